The Morgan fingerprint density at radius 2 is 1.89 bits per heavy atom. The highest BCUT2D eigenvalue weighted by molar-refractivity contribution is 9.10. The van der Waals surface area contributed by atoms with Gasteiger partial charge in [0.1, 0.15) is 0 Å². The number of pyridine rings is 1. The molecular weight excluding hydrogens is 326 g/mol. The van der Waals surface area contributed by atoms with Gasteiger partial charge in [-0.3, -0.25) is 0 Å². The first-order chi connectivity index (χ1) is 9.20. The van der Waals surface area contributed by atoms with Crippen LogP contribution in [0.3, 0.4) is 0 Å². The number of ether oxygens (including phenoxy) is 1. The normalized spacial score (nSPS) is 11.3. The maximum atomic E-state index is 6.35. The zero-order chi connectivity index (χ0) is 13.4. The lowest BCUT2D eigenvalue weighted by Gasteiger charge is -2.09. The number of rotatable bonds is 2. The van der Waals surface area contributed by atoms with Gasteiger partial charge in [0.15, 0.2) is 0 Å². The largest absolute Gasteiger partial charge is 0.378 e. The molecule has 0 spiro atoms. The minimum Gasteiger partial charge on any atom is -0.378 e. The molecule has 0 aliphatic rings. The molecule has 3 rings (SSSR count). The van der Waals surface area contributed by atoms with E-state index in [2.05, 4.69) is 33.0 Å². The first-order valence-electron chi connectivity index (χ1n) is 5.86. The summed E-state index contributed by atoms with van der Waals surface area (Å²) in [6.45, 7) is 0.458. The second-order valence-corrected chi connectivity index (χ2v) is 5.59. The molecule has 96 valence electrons. The number of hydrogen-bond acceptors (Lipinski definition) is 2. The molecule has 0 atom stereocenters. The predicted octanol–water partition coefficient (Wildman–Crippen LogP) is 4.95. The van der Waals surface area contributed by atoms with Crippen molar-refractivity contribution in [2.75, 3.05) is 7.11 Å². The molecule has 3 aromatic rings. The minimum absolute atomic E-state index is 0.458. The summed E-state index contributed by atoms with van der Waals surface area (Å²) >= 11 is 9.94. The Morgan fingerprint density at radius 1 is 1.16 bits per heavy atom. The molecule has 0 saturated carbocycles. The Morgan fingerprint density at radius 3 is 2.63 bits per heavy atom. The van der Waals surface area contributed by atoms with Crippen LogP contribution in [0.2, 0.25) is 5.02 Å². The van der Waals surface area contributed by atoms with Crippen molar-refractivity contribution in [1.29, 1.82) is 0 Å². The third-order valence-corrected chi connectivity index (χ3v) is 4.03. The second kappa shape index (κ2) is 5.08. The molecule has 0 bridgehead atoms. The van der Waals surface area contributed by atoms with E-state index >= 15 is 0 Å². The van der Waals surface area contributed by atoms with E-state index in [1.165, 1.54) is 0 Å². The Labute approximate surface area is 124 Å². The monoisotopic (exact) mass is 335 g/mol. The van der Waals surface area contributed by atoms with E-state index in [1.807, 2.05) is 24.3 Å². The van der Waals surface area contributed by atoms with Gasteiger partial charge in [0.25, 0.3) is 0 Å². The summed E-state index contributed by atoms with van der Waals surface area (Å²) in [6, 6.07) is 12.0. The Hall–Kier alpha value is -1.16. The summed E-state index contributed by atoms with van der Waals surface area (Å²) in [5.41, 5.74) is 1.76. The highest BCUT2D eigenvalue weighted by Crippen LogP contribution is 2.34. The number of nitrogens with zero attached hydrogens (tertiary/aromatic N) is 1. The van der Waals surface area contributed by atoms with Crippen LogP contribution >= 0.6 is 27.5 Å². The lowest BCUT2D eigenvalue weighted by Crippen LogP contribution is -1.94. The smallest absolute Gasteiger partial charge is 0.0884 e. The van der Waals surface area contributed by atoms with Gasteiger partial charge in [-0.2, -0.15) is 0 Å². The molecule has 2 nitrogen and oxygen atoms in total. The van der Waals surface area contributed by atoms with Crippen LogP contribution in [0.15, 0.2) is 40.9 Å². The molecule has 0 amide bonds. The molecule has 1 aromatic heterocycles. The van der Waals surface area contributed by atoms with Gasteiger partial charge < -0.3 is 4.74 Å². The molecule has 0 radical (unpaired) electrons. The van der Waals surface area contributed by atoms with E-state index < -0.39 is 0 Å². The van der Waals surface area contributed by atoms with Crippen molar-refractivity contribution in [3.63, 3.8) is 0 Å². The second-order valence-electron chi connectivity index (χ2n) is 4.33. The Kier molecular flexibility index (Phi) is 3.44. The van der Waals surface area contributed by atoms with E-state index in [-0.39, 0.29) is 0 Å². The molecule has 4 heteroatoms. The predicted molar refractivity (Wildman–Crippen MR) is 82.7 cm³/mol. The van der Waals surface area contributed by atoms with Crippen LogP contribution in [0.25, 0.3) is 21.7 Å². The topological polar surface area (TPSA) is 22.1 Å². The lowest BCUT2D eigenvalue weighted by atomic mass is 10.1. The van der Waals surface area contributed by atoms with Crippen LogP contribution in [0, 0.1) is 0 Å². The molecule has 19 heavy (non-hydrogen) atoms. The third kappa shape index (κ3) is 2.22. The van der Waals surface area contributed by atoms with Crippen LogP contribution in [-0.4, -0.2) is 12.1 Å². The van der Waals surface area contributed by atoms with Gasteiger partial charge in [0.2, 0.25) is 0 Å². The fourth-order valence-corrected chi connectivity index (χ4v) is 3.08. The van der Waals surface area contributed by atoms with Gasteiger partial charge >= 0.3 is 0 Å². The van der Waals surface area contributed by atoms with Crippen molar-refractivity contribution in [3.8, 4) is 0 Å². The number of fused-ring (bicyclic) bond motifs is 3. The fraction of sp³-hybridized carbons (Fsp3) is 0.133. The molecule has 0 N–H and O–H groups in total. The molecule has 0 saturated heterocycles. The number of methoxy groups -OCH3 is 1. The summed E-state index contributed by atoms with van der Waals surface area (Å²) in [7, 11) is 1.65. The Balaban J connectivity index is 2.45. The zero-order valence-electron chi connectivity index (χ0n) is 10.3. The maximum absolute atomic E-state index is 6.35. The average molecular weight is 337 g/mol. The molecule has 2 aromatic carbocycles. The molecule has 1 heterocycles. The maximum Gasteiger partial charge on any atom is 0.0884 e. The van der Waals surface area contributed by atoms with Crippen molar-refractivity contribution >= 4 is 49.2 Å². The summed E-state index contributed by atoms with van der Waals surface area (Å²) < 4.78 is 6.16. The van der Waals surface area contributed by atoms with Gasteiger partial charge in [-0.05, 0) is 17.5 Å². The van der Waals surface area contributed by atoms with Crippen LogP contribution in [-0.2, 0) is 11.3 Å². The van der Waals surface area contributed by atoms with Crippen LogP contribution in [0.5, 0.6) is 0 Å². The average Bonchev–Trinajstić information content (AvgIpc) is 2.41. The van der Waals surface area contributed by atoms with Gasteiger partial charge in [0, 0.05) is 22.4 Å². The van der Waals surface area contributed by atoms with Crippen molar-refractivity contribution in [3.05, 3.63) is 51.6 Å². The van der Waals surface area contributed by atoms with Gasteiger partial charge in [-0.15, -0.1) is 0 Å². The van der Waals surface area contributed by atoms with Crippen LogP contribution in [0.1, 0.15) is 5.69 Å². The van der Waals surface area contributed by atoms with E-state index in [1.54, 1.807) is 7.11 Å². The van der Waals surface area contributed by atoms with Crippen molar-refractivity contribution in [1.82, 2.24) is 4.98 Å². The van der Waals surface area contributed by atoms with E-state index in [0.29, 0.717) is 11.6 Å². The van der Waals surface area contributed by atoms with Gasteiger partial charge in [0.05, 0.1) is 22.8 Å². The SMILES string of the molecule is COCc1cc(Cl)c2cc(Br)c3ccccc3c2n1. The molecule has 0 aliphatic heterocycles. The van der Waals surface area contributed by atoms with E-state index in [9.17, 15) is 0 Å². The molecule has 0 fully saturated rings. The van der Waals surface area contributed by atoms with Crippen molar-refractivity contribution < 1.29 is 4.74 Å². The van der Waals surface area contributed by atoms with Crippen LogP contribution < -0.4 is 0 Å². The Bertz CT molecular complexity index is 773. The summed E-state index contributed by atoms with van der Waals surface area (Å²) in [5.74, 6) is 0. The lowest BCUT2D eigenvalue weighted by molar-refractivity contribution is 0.182. The van der Waals surface area contributed by atoms with Gasteiger partial charge in [-0.25, -0.2) is 4.98 Å². The van der Waals surface area contributed by atoms with Gasteiger partial charge in [-0.1, -0.05) is 51.8 Å². The number of hydrogen-bond donors (Lipinski definition) is 0. The standard InChI is InChI=1S/C15H11BrClNO/c1-19-8-9-6-14(17)12-7-13(16)10-4-2-3-5-11(10)15(12)18-9/h2-7H,8H2,1H3. The first kappa shape index (κ1) is 12.9. The number of halogens is 2. The van der Waals surface area contributed by atoms with Crippen LogP contribution in [0.4, 0.5) is 0 Å². The van der Waals surface area contributed by atoms with Crippen molar-refractivity contribution in [2.45, 2.75) is 6.61 Å². The van der Waals surface area contributed by atoms with E-state index in [4.69, 9.17) is 16.3 Å². The quantitative estimate of drug-likeness (QED) is 0.618. The summed E-state index contributed by atoms with van der Waals surface area (Å²) in [5, 5.41) is 3.87. The number of benzene rings is 2. The highest BCUT2D eigenvalue weighted by atomic mass is 79.9. The number of aromatic nitrogens is 1. The molecule has 0 aliphatic carbocycles. The zero-order valence-corrected chi connectivity index (χ0v) is 12.6. The molecule has 0 unspecified atom stereocenters. The highest BCUT2D eigenvalue weighted by Gasteiger charge is 2.10. The first-order valence-corrected chi connectivity index (χ1v) is 7.03. The summed E-state index contributed by atoms with van der Waals surface area (Å²) in [4.78, 5) is 4.66. The fourth-order valence-electron chi connectivity index (χ4n) is 2.24. The van der Waals surface area contributed by atoms with E-state index in [0.717, 1.165) is 31.8 Å². The molecular formula is C15H11BrClNO. The minimum atomic E-state index is 0.458. The van der Waals surface area contributed by atoms with Crippen molar-refractivity contribution in [2.24, 2.45) is 0 Å². The summed E-state index contributed by atoms with van der Waals surface area (Å²) in [6.07, 6.45) is 0. The third-order valence-electron chi connectivity index (χ3n) is 3.06.